The zero-order valence-corrected chi connectivity index (χ0v) is 9.17. The van der Waals surface area contributed by atoms with Crippen molar-refractivity contribution in [1.82, 2.24) is 4.98 Å². The summed E-state index contributed by atoms with van der Waals surface area (Å²) in [4.78, 5) is 17.4. The molecule has 1 saturated heterocycles. The molecule has 5 heteroatoms. The number of carbonyl (C=O) groups excluding carboxylic acids is 1. The van der Waals surface area contributed by atoms with Gasteiger partial charge in [0, 0.05) is 24.6 Å². The van der Waals surface area contributed by atoms with E-state index in [-0.39, 0.29) is 0 Å². The first-order valence-electron chi connectivity index (χ1n) is 4.87. The monoisotopic (exact) mass is 223 g/mol. The number of pyridine rings is 1. The van der Waals surface area contributed by atoms with Crippen LogP contribution in [0.1, 0.15) is 10.5 Å². The van der Waals surface area contributed by atoms with Crippen molar-refractivity contribution in [3.8, 4) is 0 Å². The molecule has 0 bridgehead atoms. The molecule has 1 amide bonds. The largest absolute Gasteiger partial charge is 0.364 e. The van der Waals surface area contributed by atoms with E-state index in [2.05, 4.69) is 9.88 Å². The Balaban J connectivity index is 2.19. The highest BCUT2D eigenvalue weighted by Crippen LogP contribution is 2.17. The van der Waals surface area contributed by atoms with Crippen LogP contribution in [0.3, 0.4) is 0 Å². The van der Waals surface area contributed by atoms with E-state index in [1.54, 1.807) is 6.07 Å². The second-order valence-electron chi connectivity index (χ2n) is 3.34. The van der Waals surface area contributed by atoms with E-state index < -0.39 is 5.91 Å². The molecule has 2 rings (SSSR count). The summed E-state index contributed by atoms with van der Waals surface area (Å²) in [6.45, 7) is 1.97. The summed E-state index contributed by atoms with van der Waals surface area (Å²) in [6.07, 6.45) is 0. The van der Waals surface area contributed by atoms with E-state index in [1.165, 1.54) is 0 Å². The predicted molar refractivity (Wildman–Crippen MR) is 62.3 cm³/mol. The summed E-state index contributed by atoms with van der Waals surface area (Å²) in [7, 11) is 0. The minimum atomic E-state index is -0.469. The normalized spacial score (nSPS) is 16.4. The van der Waals surface area contributed by atoms with E-state index in [1.807, 2.05) is 23.9 Å². The SMILES string of the molecule is NC(=O)c1cccc(N2CCSCC2)n1. The summed E-state index contributed by atoms with van der Waals surface area (Å²) >= 11 is 1.94. The molecule has 0 radical (unpaired) electrons. The molecule has 0 unspecified atom stereocenters. The third kappa shape index (κ3) is 2.41. The maximum Gasteiger partial charge on any atom is 0.267 e. The van der Waals surface area contributed by atoms with Gasteiger partial charge in [-0.15, -0.1) is 0 Å². The molecule has 2 heterocycles. The molecule has 0 aliphatic carbocycles. The first-order chi connectivity index (χ1) is 7.27. The third-order valence-corrected chi connectivity index (χ3v) is 3.26. The number of hydrogen-bond donors (Lipinski definition) is 1. The Labute approximate surface area is 92.9 Å². The minimum absolute atomic E-state index is 0.339. The number of nitrogens with zero attached hydrogens (tertiary/aromatic N) is 2. The van der Waals surface area contributed by atoms with Gasteiger partial charge < -0.3 is 10.6 Å². The number of amides is 1. The molecule has 0 aromatic carbocycles. The van der Waals surface area contributed by atoms with E-state index >= 15 is 0 Å². The minimum Gasteiger partial charge on any atom is -0.364 e. The van der Waals surface area contributed by atoms with Gasteiger partial charge in [-0.1, -0.05) is 6.07 Å². The number of anilines is 1. The highest BCUT2D eigenvalue weighted by molar-refractivity contribution is 7.99. The number of primary amides is 1. The molecule has 0 spiro atoms. The molecule has 0 atom stereocenters. The zero-order valence-electron chi connectivity index (χ0n) is 8.35. The molecule has 80 valence electrons. The molecule has 1 aromatic rings. The number of carbonyl (C=O) groups is 1. The van der Waals surface area contributed by atoms with E-state index in [0.29, 0.717) is 5.69 Å². The van der Waals surface area contributed by atoms with Crippen LogP contribution in [-0.4, -0.2) is 35.5 Å². The third-order valence-electron chi connectivity index (χ3n) is 2.32. The summed E-state index contributed by atoms with van der Waals surface area (Å²) in [5.41, 5.74) is 5.53. The first-order valence-corrected chi connectivity index (χ1v) is 6.02. The molecule has 1 aromatic heterocycles. The highest BCUT2D eigenvalue weighted by atomic mass is 32.2. The van der Waals surface area contributed by atoms with Crippen molar-refractivity contribution < 1.29 is 4.79 Å². The maximum absolute atomic E-state index is 11.0. The molecule has 1 aliphatic heterocycles. The van der Waals surface area contributed by atoms with Crippen molar-refractivity contribution in [3.63, 3.8) is 0 Å². The van der Waals surface area contributed by atoms with Gasteiger partial charge in [0.25, 0.3) is 5.91 Å². The Morgan fingerprint density at radius 3 is 2.80 bits per heavy atom. The van der Waals surface area contributed by atoms with Gasteiger partial charge in [0.2, 0.25) is 0 Å². The van der Waals surface area contributed by atoms with Crippen molar-refractivity contribution in [2.24, 2.45) is 5.73 Å². The number of nitrogens with two attached hydrogens (primary N) is 1. The van der Waals surface area contributed by atoms with Crippen molar-refractivity contribution >= 4 is 23.5 Å². The van der Waals surface area contributed by atoms with Gasteiger partial charge in [0.1, 0.15) is 11.5 Å². The molecule has 1 aliphatic rings. The fourth-order valence-corrected chi connectivity index (χ4v) is 2.43. The molecule has 4 nitrogen and oxygen atoms in total. The van der Waals surface area contributed by atoms with Crippen LogP contribution in [0.4, 0.5) is 5.82 Å². The average molecular weight is 223 g/mol. The summed E-state index contributed by atoms with van der Waals surface area (Å²) in [5, 5.41) is 0. The van der Waals surface area contributed by atoms with Gasteiger partial charge in [0.05, 0.1) is 0 Å². The lowest BCUT2D eigenvalue weighted by Gasteiger charge is -2.27. The smallest absolute Gasteiger partial charge is 0.267 e. The highest BCUT2D eigenvalue weighted by Gasteiger charge is 2.13. The van der Waals surface area contributed by atoms with Crippen LogP contribution in [0.5, 0.6) is 0 Å². The Morgan fingerprint density at radius 2 is 2.13 bits per heavy atom. The van der Waals surface area contributed by atoms with Gasteiger partial charge in [0.15, 0.2) is 0 Å². The van der Waals surface area contributed by atoms with Gasteiger partial charge >= 0.3 is 0 Å². The Bertz CT molecular complexity index is 363. The lowest BCUT2D eigenvalue weighted by atomic mass is 10.3. The van der Waals surface area contributed by atoms with Crippen LogP contribution in [0.25, 0.3) is 0 Å². The molecular weight excluding hydrogens is 210 g/mol. The topological polar surface area (TPSA) is 59.2 Å². The average Bonchev–Trinajstić information content (AvgIpc) is 2.30. The quantitative estimate of drug-likeness (QED) is 0.803. The fraction of sp³-hybridized carbons (Fsp3) is 0.400. The summed E-state index contributed by atoms with van der Waals surface area (Å²) in [5.74, 6) is 2.61. The van der Waals surface area contributed by atoms with Gasteiger partial charge in [-0.3, -0.25) is 4.79 Å². The van der Waals surface area contributed by atoms with Crippen LogP contribution < -0.4 is 10.6 Å². The lowest BCUT2D eigenvalue weighted by Crippen LogP contribution is -2.33. The van der Waals surface area contributed by atoms with Gasteiger partial charge in [-0.25, -0.2) is 4.98 Å². The van der Waals surface area contributed by atoms with Crippen LogP contribution in [-0.2, 0) is 0 Å². The molecule has 2 N–H and O–H groups in total. The van der Waals surface area contributed by atoms with E-state index in [4.69, 9.17) is 5.73 Å². The van der Waals surface area contributed by atoms with E-state index in [9.17, 15) is 4.79 Å². The van der Waals surface area contributed by atoms with Crippen LogP contribution in [0.15, 0.2) is 18.2 Å². The van der Waals surface area contributed by atoms with Crippen LogP contribution >= 0.6 is 11.8 Å². The van der Waals surface area contributed by atoms with Crippen molar-refractivity contribution in [2.75, 3.05) is 29.5 Å². The standard InChI is InChI=1S/C10H13N3OS/c11-10(14)8-2-1-3-9(12-8)13-4-6-15-7-5-13/h1-3H,4-7H2,(H2,11,14). The molecule has 0 saturated carbocycles. The number of aromatic nitrogens is 1. The second kappa shape index (κ2) is 4.53. The first kappa shape index (κ1) is 10.3. The van der Waals surface area contributed by atoms with E-state index in [0.717, 1.165) is 30.4 Å². The van der Waals surface area contributed by atoms with Crippen LogP contribution in [0, 0.1) is 0 Å². The Morgan fingerprint density at radius 1 is 1.40 bits per heavy atom. The number of hydrogen-bond acceptors (Lipinski definition) is 4. The zero-order chi connectivity index (χ0) is 10.7. The molecular formula is C10H13N3OS. The summed E-state index contributed by atoms with van der Waals surface area (Å²) in [6, 6.07) is 5.39. The van der Waals surface area contributed by atoms with Gasteiger partial charge in [-0.2, -0.15) is 11.8 Å². The maximum atomic E-state index is 11.0. The Kier molecular flexibility index (Phi) is 3.11. The Hall–Kier alpha value is -1.23. The molecule has 1 fully saturated rings. The van der Waals surface area contributed by atoms with Crippen molar-refractivity contribution in [3.05, 3.63) is 23.9 Å². The van der Waals surface area contributed by atoms with Crippen molar-refractivity contribution in [1.29, 1.82) is 0 Å². The number of thioether (sulfide) groups is 1. The van der Waals surface area contributed by atoms with Crippen molar-refractivity contribution in [2.45, 2.75) is 0 Å². The lowest BCUT2D eigenvalue weighted by molar-refractivity contribution is 0.0995. The summed E-state index contributed by atoms with van der Waals surface area (Å²) < 4.78 is 0. The van der Waals surface area contributed by atoms with Gasteiger partial charge in [-0.05, 0) is 12.1 Å². The fourth-order valence-electron chi connectivity index (χ4n) is 1.53. The second-order valence-corrected chi connectivity index (χ2v) is 4.57. The molecule has 15 heavy (non-hydrogen) atoms. The van der Waals surface area contributed by atoms with Crippen LogP contribution in [0.2, 0.25) is 0 Å². The predicted octanol–water partition coefficient (Wildman–Crippen LogP) is 0.734. The number of rotatable bonds is 2.